The van der Waals surface area contributed by atoms with Gasteiger partial charge in [0.2, 0.25) is 5.91 Å². The van der Waals surface area contributed by atoms with Crippen LogP contribution in [-0.4, -0.2) is 45.5 Å². The predicted molar refractivity (Wildman–Crippen MR) is 160 cm³/mol. The van der Waals surface area contributed by atoms with Crippen molar-refractivity contribution in [3.63, 3.8) is 0 Å². The fraction of sp³-hybridized carbons (Fsp3) is 0.267. The second-order valence-electron chi connectivity index (χ2n) is 9.33. The zero-order valence-corrected chi connectivity index (χ0v) is 24.6. The molecule has 2 amide bonds. The number of fused-ring (bicyclic) bond motifs is 1. The summed E-state index contributed by atoms with van der Waals surface area (Å²) in [6.45, 7) is 3.63. The van der Waals surface area contributed by atoms with Crippen LogP contribution in [-0.2, 0) is 17.8 Å². The maximum atomic E-state index is 13.1. The Morgan fingerprint density at radius 1 is 1.02 bits per heavy atom. The minimum absolute atomic E-state index is 0.0253. The Hall–Kier alpha value is -3.63. The lowest BCUT2D eigenvalue weighted by atomic mass is 10.2. The van der Waals surface area contributed by atoms with E-state index in [2.05, 4.69) is 44.4 Å². The average Bonchev–Trinajstić information content (AvgIpc) is 3.60. The lowest BCUT2D eigenvalue weighted by Gasteiger charge is -2.17. The number of halogens is 1. The number of ether oxygens (including phenoxy) is 1. The molecule has 206 valence electrons. The average molecular weight is 621 g/mol. The topological polar surface area (TPSA) is 89.3 Å². The van der Waals surface area contributed by atoms with Crippen molar-refractivity contribution in [3.8, 4) is 11.4 Å². The maximum Gasteiger partial charge on any atom is 0.251 e. The summed E-state index contributed by atoms with van der Waals surface area (Å²) in [6, 6.07) is 22.9. The molecule has 10 heteroatoms. The molecule has 40 heavy (non-hydrogen) atoms. The third kappa shape index (κ3) is 6.56. The molecule has 0 bridgehead atoms. The number of anilines is 1. The summed E-state index contributed by atoms with van der Waals surface area (Å²) in [5.41, 5.74) is 3.54. The van der Waals surface area contributed by atoms with Crippen LogP contribution in [0.1, 0.15) is 41.5 Å². The molecule has 5 rings (SSSR count). The van der Waals surface area contributed by atoms with Gasteiger partial charge in [0.05, 0.1) is 18.9 Å². The molecule has 1 N–H and O–H groups in total. The van der Waals surface area contributed by atoms with Crippen molar-refractivity contribution in [1.29, 1.82) is 0 Å². The monoisotopic (exact) mass is 619 g/mol. The smallest absolute Gasteiger partial charge is 0.251 e. The van der Waals surface area contributed by atoms with Gasteiger partial charge in [0.25, 0.3) is 5.91 Å². The Morgan fingerprint density at radius 2 is 1.80 bits per heavy atom. The number of aromatic nitrogens is 3. The van der Waals surface area contributed by atoms with E-state index in [0.29, 0.717) is 29.7 Å². The zero-order valence-electron chi connectivity index (χ0n) is 22.2. The molecule has 0 saturated carbocycles. The number of nitrogens with zero attached hydrogens (tertiary/aromatic N) is 4. The van der Waals surface area contributed by atoms with Crippen LogP contribution in [0.25, 0.3) is 5.69 Å². The van der Waals surface area contributed by atoms with Crippen LogP contribution in [0, 0.1) is 0 Å². The van der Waals surface area contributed by atoms with Crippen molar-refractivity contribution in [1.82, 2.24) is 20.1 Å². The van der Waals surface area contributed by atoms with Crippen LogP contribution < -0.4 is 15.0 Å². The van der Waals surface area contributed by atoms with E-state index in [1.54, 1.807) is 24.3 Å². The van der Waals surface area contributed by atoms with Crippen LogP contribution in [0.5, 0.6) is 5.75 Å². The van der Waals surface area contributed by atoms with Crippen molar-refractivity contribution in [3.05, 3.63) is 94.2 Å². The first-order chi connectivity index (χ1) is 19.5. The zero-order chi connectivity index (χ0) is 27.9. The number of para-hydroxylation sites is 1. The van der Waals surface area contributed by atoms with Crippen LogP contribution in [0.3, 0.4) is 0 Å². The molecule has 0 radical (unpaired) electrons. The molecule has 0 saturated heterocycles. The third-order valence-electron chi connectivity index (χ3n) is 6.59. The number of rotatable bonds is 11. The van der Waals surface area contributed by atoms with E-state index in [1.165, 1.54) is 17.3 Å². The van der Waals surface area contributed by atoms with Crippen LogP contribution in [0.2, 0.25) is 0 Å². The Balaban J connectivity index is 1.28. The summed E-state index contributed by atoms with van der Waals surface area (Å²) >= 11 is 4.82. The molecular formula is C30H30BrN5O3S. The Bertz CT molecular complexity index is 1470. The molecule has 8 nitrogen and oxygen atoms in total. The van der Waals surface area contributed by atoms with Gasteiger partial charge < -0.3 is 15.0 Å². The summed E-state index contributed by atoms with van der Waals surface area (Å²) in [7, 11) is 0. The molecule has 1 aromatic heterocycles. The quantitative estimate of drug-likeness (QED) is 0.168. The number of hydrogen-bond donors (Lipinski definition) is 1. The fourth-order valence-electron chi connectivity index (χ4n) is 4.46. The standard InChI is InChI=1S/C30H30BrN5O3S/c1-2-3-18-39-25-14-8-22(9-15-25)29(38)32-19-27-33-34-30(36(27)24-12-10-23(31)11-13-24)40-20-28(37)35-17-16-21-6-4-5-7-26(21)35/h4-15H,2-3,16-20H2,1H3,(H,32,38). The van der Waals surface area contributed by atoms with E-state index in [9.17, 15) is 9.59 Å². The first-order valence-electron chi connectivity index (χ1n) is 13.3. The highest BCUT2D eigenvalue weighted by atomic mass is 79.9. The molecule has 2 heterocycles. The molecule has 3 aromatic carbocycles. The minimum Gasteiger partial charge on any atom is -0.494 e. The largest absolute Gasteiger partial charge is 0.494 e. The summed E-state index contributed by atoms with van der Waals surface area (Å²) in [5, 5.41) is 12.3. The van der Waals surface area contributed by atoms with E-state index in [-0.39, 0.29) is 24.1 Å². The number of carbonyl (C=O) groups excluding carboxylic acids is 2. The van der Waals surface area contributed by atoms with Crippen molar-refractivity contribution >= 4 is 45.2 Å². The fourth-order valence-corrected chi connectivity index (χ4v) is 5.57. The molecular weight excluding hydrogens is 590 g/mol. The van der Waals surface area contributed by atoms with Crippen molar-refractivity contribution in [2.45, 2.75) is 37.9 Å². The van der Waals surface area contributed by atoms with Crippen LogP contribution >= 0.6 is 27.7 Å². The third-order valence-corrected chi connectivity index (χ3v) is 8.03. The number of hydrogen-bond acceptors (Lipinski definition) is 6. The molecule has 1 aliphatic heterocycles. The Morgan fingerprint density at radius 3 is 2.58 bits per heavy atom. The van der Waals surface area contributed by atoms with Crippen molar-refractivity contribution in [2.24, 2.45) is 0 Å². The highest BCUT2D eigenvalue weighted by Crippen LogP contribution is 2.29. The minimum atomic E-state index is -0.220. The summed E-state index contributed by atoms with van der Waals surface area (Å²) in [4.78, 5) is 27.8. The summed E-state index contributed by atoms with van der Waals surface area (Å²) in [6.07, 6.45) is 2.91. The van der Waals surface area contributed by atoms with Gasteiger partial charge in [0.15, 0.2) is 11.0 Å². The van der Waals surface area contributed by atoms with Crippen LogP contribution in [0.4, 0.5) is 5.69 Å². The second-order valence-corrected chi connectivity index (χ2v) is 11.2. The number of nitrogens with one attached hydrogen (secondary N) is 1. The second kappa shape index (κ2) is 13.1. The van der Waals surface area contributed by atoms with Crippen molar-refractivity contribution in [2.75, 3.05) is 23.8 Å². The van der Waals surface area contributed by atoms with E-state index in [4.69, 9.17) is 4.74 Å². The van der Waals surface area contributed by atoms with Gasteiger partial charge in [0, 0.05) is 28.0 Å². The molecule has 0 aliphatic carbocycles. The van der Waals surface area contributed by atoms with E-state index >= 15 is 0 Å². The molecule has 1 aliphatic rings. The lowest BCUT2D eigenvalue weighted by Crippen LogP contribution is -2.30. The van der Waals surface area contributed by atoms with Gasteiger partial charge in [-0.2, -0.15) is 0 Å². The molecule has 4 aromatic rings. The van der Waals surface area contributed by atoms with Gasteiger partial charge in [-0.15, -0.1) is 10.2 Å². The first kappa shape index (κ1) is 27.9. The first-order valence-corrected chi connectivity index (χ1v) is 15.0. The Labute approximate surface area is 246 Å². The predicted octanol–water partition coefficient (Wildman–Crippen LogP) is 5.82. The van der Waals surface area contributed by atoms with E-state index in [1.807, 2.05) is 51.9 Å². The van der Waals surface area contributed by atoms with E-state index < -0.39 is 0 Å². The molecule has 0 unspecified atom stereocenters. The highest BCUT2D eigenvalue weighted by Gasteiger charge is 2.25. The normalized spacial score (nSPS) is 12.3. The lowest BCUT2D eigenvalue weighted by molar-refractivity contribution is -0.116. The number of unbranched alkanes of at least 4 members (excludes halogenated alkanes) is 1. The van der Waals surface area contributed by atoms with Crippen LogP contribution in [0.15, 0.2) is 82.4 Å². The van der Waals surface area contributed by atoms with Gasteiger partial charge in [-0.25, -0.2) is 0 Å². The summed E-state index contributed by atoms with van der Waals surface area (Å²) in [5.74, 6) is 1.34. The van der Waals surface area contributed by atoms with Crippen molar-refractivity contribution < 1.29 is 14.3 Å². The van der Waals surface area contributed by atoms with Gasteiger partial charge in [-0.3, -0.25) is 14.2 Å². The number of amides is 2. The van der Waals surface area contributed by atoms with E-state index in [0.717, 1.165) is 40.9 Å². The maximum absolute atomic E-state index is 13.1. The number of benzene rings is 3. The number of thioether (sulfide) groups is 1. The summed E-state index contributed by atoms with van der Waals surface area (Å²) < 4.78 is 8.52. The number of carbonyl (C=O) groups is 2. The van der Waals surface area contributed by atoms with Gasteiger partial charge in [-0.05, 0) is 73.0 Å². The Kier molecular flexibility index (Phi) is 9.18. The van der Waals surface area contributed by atoms with Gasteiger partial charge >= 0.3 is 0 Å². The SMILES string of the molecule is CCCCOc1ccc(C(=O)NCc2nnc(SCC(=O)N3CCc4ccccc43)n2-c2ccc(Br)cc2)cc1. The highest BCUT2D eigenvalue weighted by molar-refractivity contribution is 9.10. The van der Waals surface area contributed by atoms with Gasteiger partial charge in [-0.1, -0.05) is 59.2 Å². The molecule has 0 atom stereocenters. The molecule has 0 fully saturated rings. The van der Waals surface area contributed by atoms with Gasteiger partial charge in [0.1, 0.15) is 5.75 Å². The molecule has 0 spiro atoms.